The Balaban J connectivity index is 5.23. The van der Waals surface area contributed by atoms with Gasteiger partial charge in [0.25, 0.3) is 0 Å². The number of carbonyl (C=O) groups excluding carboxylic acids is 4. The Morgan fingerprint density at radius 3 is 0.636 bits per heavy atom. The van der Waals surface area contributed by atoms with Crippen molar-refractivity contribution in [3.8, 4) is 0 Å². The normalized spacial score (nSPS) is 13.8. The SMILES string of the molecule is CCCCCCCCCCCCCCCCCCCCCCCCC(=O)O[C@H](COC(=O)CCCCCCCCCCCCCCCCCCC(C)C)COP(=O)(O)OC[C@@H](O)COP(=O)(O)OC[C@@H](COC(=O)CCCCCCCCCCC(C)C)OC(=O)CCCCCCCCCCCCCCC(C)C. The minimum absolute atomic E-state index is 0.106. The van der Waals surface area contributed by atoms with Gasteiger partial charge in [-0.2, -0.15) is 0 Å². The summed E-state index contributed by atoms with van der Waals surface area (Å²) in [5, 5.41) is 10.7. The van der Waals surface area contributed by atoms with Gasteiger partial charge in [0.15, 0.2) is 12.2 Å². The Morgan fingerprint density at radius 2 is 0.430 bits per heavy atom. The van der Waals surface area contributed by atoms with E-state index in [0.29, 0.717) is 25.7 Å². The monoisotopic (exact) mass is 1560 g/mol. The Bertz CT molecular complexity index is 2060. The molecule has 0 aromatic rings. The van der Waals surface area contributed by atoms with Crippen LogP contribution in [0.25, 0.3) is 0 Å². The van der Waals surface area contributed by atoms with Gasteiger partial charge in [0.2, 0.25) is 0 Å². The highest BCUT2D eigenvalue weighted by atomic mass is 31.2. The van der Waals surface area contributed by atoms with Crippen LogP contribution in [0, 0.1) is 17.8 Å². The van der Waals surface area contributed by atoms with Crippen molar-refractivity contribution in [2.45, 2.75) is 484 Å². The van der Waals surface area contributed by atoms with Gasteiger partial charge in [-0.1, -0.05) is 414 Å². The third-order valence-electron chi connectivity index (χ3n) is 20.6. The highest BCUT2D eigenvalue weighted by Gasteiger charge is 2.31. The second-order valence-electron chi connectivity index (χ2n) is 33.1. The van der Waals surface area contributed by atoms with Crippen LogP contribution < -0.4 is 0 Å². The van der Waals surface area contributed by atoms with E-state index in [-0.39, 0.29) is 25.7 Å². The molecule has 0 aliphatic carbocycles. The van der Waals surface area contributed by atoms with Crippen LogP contribution in [0.4, 0.5) is 0 Å². The second-order valence-corrected chi connectivity index (χ2v) is 36.0. The molecule has 0 fully saturated rings. The number of esters is 4. The van der Waals surface area contributed by atoms with Crippen LogP contribution >= 0.6 is 15.6 Å². The molecule has 2 unspecified atom stereocenters. The van der Waals surface area contributed by atoms with Crippen molar-refractivity contribution in [1.29, 1.82) is 0 Å². The van der Waals surface area contributed by atoms with Gasteiger partial charge in [0.1, 0.15) is 19.3 Å². The average Bonchev–Trinajstić information content (AvgIpc) is 0.902. The largest absolute Gasteiger partial charge is 0.472 e. The van der Waals surface area contributed by atoms with E-state index in [9.17, 15) is 43.2 Å². The maximum absolute atomic E-state index is 13.2. The Kier molecular flexibility index (Phi) is 76.6. The molecule has 0 rings (SSSR count). The topological polar surface area (TPSA) is 237 Å². The number of phosphoric acid groups is 2. The fourth-order valence-corrected chi connectivity index (χ4v) is 15.3. The van der Waals surface area contributed by atoms with Gasteiger partial charge in [-0.25, -0.2) is 9.13 Å². The quantitative estimate of drug-likeness (QED) is 0.0222. The first-order chi connectivity index (χ1) is 51.7. The summed E-state index contributed by atoms with van der Waals surface area (Å²) < 4.78 is 69.0. The van der Waals surface area contributed by atoms with Gasteiger partial charge in [0, 0.05) is 25.7 Å². The molecule has 636 valence electrons. The Hall–Kier alpha value is -1.94. The lowest BCUT2D eigenvalue weighted by atomic mass is 10.0. The molecule has 0 aromatic carbocycles. The summed E-state index contributed by atoms with van der Waals surface area (Å²) in [4.78, 5) is 73.3. The predicted octanol–water partition coefficient (Wildman–Crippen LogP) is 26.9. The van der Waals surface area contributed by atoms with E-state index in [2.05, 4.69) is 48.5 Å². The molecule has 0 aliphatic rings. The van der Waals surface area contributed by atoms with E-state index in [0.717, 1.165) is 108 Å². The van der Waals surface area contributed by atoms with Crippen molar-refractivity contribution in [1.82, 2.24) is 0 Å². The number of phosphoric ester groups is 2. The van der Waals surface area contributed by atoms with E-state index in [1.165, 1.54) is 276 Å². The standard InChI is InChI=1S/C88H172O17P2/c1-8-9-10-11-12-13-14-15-16-17-18-19-20-21-22-27-30-36-41-50-57-64-71-87(92)104-83(75-98-85(90)69-62-55-48-40-35-29-26-24-23-25-28-33-38-45-52-59-66-79(2)3)77-102-106(94,95)100-73-82(89)74-101-107(96,97)103-78-84(76-99-86(91)70-63-56-49-44-43-47-54-61-68-81(6)7)105-88(93)72-65-58-51-42-37-32-31-34-39-46-53-60-67-80(4)5/h79-84,89H,8-78H2,1-7H3,(H,94,95)(H,96,97)/t82-,83-,84-/m1/s1. The molecule has 0 saturated heterocycles. The average molecular weight is 1560 g/mol. The van der Waals surface area contributed by atoms with Gasteiger partial charge >= 0.3 is 39.5 Å². The molecular formula is C88H172O17P2. The van der Waals surface area contributed by atoms with Crippen LogP contribution in [0.5, 0.6) is 0 Å². The summed E-state index contributed by atoms with van der Waals surface area (Å²) in [6.45, 7) is 12.0. The number of unbranched alkanes of at least 4 members (excludes halogenated alkanes) is 54. The van der Waals surface area contributed by atoms with E-state index in [1.54, 1.807) is 0 Å². The van der Waals surface area contributed by atoms with Crippen LogP contribution in [0.3, 0.4) is 0 Å². The van der Waals surface area contributed by atoms with Crippen LogP contribution in [0.15, 0.2) is 0 Å². The zero-order valence-electron chi connectivity index (χ0n) is 70.6. The van der Waals surface area contributed by atoms with Crippen molar-refractivity contribution < 1.29 is 80.2 Å². The maximum atomic E-state index is 13.2. The molecule has 0 saturated carbocycles. The van der Waals surface area contributed by atoms with Crippen molar-refractivity contribution in [3.63, 3.8) is 0 Å². The number of carbonyl (C=O) groups is 4. The lowest BCUT2D eigenvalue weighted by molar-refractivity contribution is -0.161. The Labute approximate surface area is 658 Å². The fourth-order valence-electron chi connectivity index (χ4n) is 13.7. The van der Waals surface area contributed by atoms with Gasteiger partial charge < -0.3 is 33.8 Å². The predicted molar refractivity (Wildman–Crippen MR) is 441 cm³/mol. The van der Waals surface area contributed by atoms with E-state index in [4.69, 9.17) is 37.0 Å². The molecule has 0 spiro atoms. The summed E-state index contributed by atoms with van der Waals surface area (Å²) in [7, 11) is -9.93. The van der Waals surface area contributed by atoms with Crippen molar-refractivity contribution >= 4 is 39.5 Å². The van der Waals surface area contributed by atoms with Crippen LogP contribution in [0.1, 0.15) is 466 Å². The summed E-state index contributed by atoms with van der Waals surface area (Å²) in [6.07, 6.45) is 69.6. The lowest BCUT2D eigenvalue weighted by Crippen LogP contribution is -2.30. The first-order valence-corrected chi connectivity index (χ1v) is 48.3. The van der Waals surface area contributed by atoms with Crippen LogP contribution in [-0.2, 0) is 65.4 Å². The number of rotatable bonds is 86. The third-order valence-corrected chi connectivity index (χ3v) is 22.5. The number of aliphatic hydroxyl groups is 1. The number of hydrogen-bond donors (Lipinski definition) is 3. The van der Waals surface area contributed by atoms with Crippen molar-refractivity contribution in [3.05, 3.63) is 0 Å². The first-order valence-electron chi connectivity index (χ1n) is 45.3. The highest BCUT2D eigenvalue weighted by Crippen LogP contribution is 2.45. The Morgan fingerprint density at radius 1 is 0.252 bits per heavy atom. The second kappa shape index (κ2) is 78.0. The van der Waals surface area contributed by atoms with Gasteiger partial charge in [-0.15, -0.1) is 0 Å². The van der Waals surface area contributed by atoms with E-state index < -0.39 is 97.5 Å². The summed E-state index contributed by atoms with van der Waals surface area (Å²) >= 11 is 0. The molecule has 107 heavy (non-hydrogen) atoms. The van der Waals surface area contributed by atoms with E-state index in [1.807, 2.05) is 0 Å². The molecule has 0 aromatic heterocycles. The molecule has 0 aliphatic heterocycles. The number of aliphatic hydroxyl groups excluding tert-OH is 1. The molecule has 0 amide bonds. The molecule has 19 heteroatoms. The zero-order chi connectivity index (χ0) is 78.6. The minimum Gasteiger partial charge on any atom is -0.462 e. The van der Waals surface area contributed by atoms with Gasteiger partial charge in [-0.3, -0.25) is 37.3 Å². The smallest absolute Gasteiger partial charge is 0.462 e. The van der Waals surface area contributed by atoms with Crippen molar-refractivity contribution in [2.24, 2.45) is 17.8 Å². The lowest BCUT2D eigenvalue weighted by Gasteiger charge is -2.21. The van der Waals surface area contributed by atoms with Crippen molar-refractivity contribution in [2.75, 3.05) is 39.6 Å². The van der Waals surface area contributed by atoms with Crippen LogP contribution in [-0.4, -0.2) is 96.7 Å². The summed E-state index contributed by atoms with van der Waals surface area (Å²) in [6, 6.07) is 0. The van der Waals surface area contributed by atoms with Gasteiger partial charge in [-0.05, 0) is 43.4 Å². The molecular weight excluding hydrogens is 1390 g/mol. The zero-order valence-corrected chi connectivity index (χ0v) is 72.4. The molecule has 0 radical (unpaired) electrons. The highest BCUT2D eigenvalue weighted by molar-refractivity contribution is 7.47. The summed E-state index contributed by atoms with van der Waals surface area (Å²) in [5.74, 6) is 0.212. The molecule has 5 atom stereocenters. The maximum Gasteiger partial charge on any atom is 0.472 e. The van der Waals surface area contributed by atoms with E-state index >= 15 is 0 Å². The van der Waals surface area contributed by atoms with Gasteiger partial charge in [0.05, 0.1) is 26.4 Å². The fraction of sp³-hybridized carbons (Fsp3) is 0.955. The summed E-state index contributed by atoms with van der Waals surface area (Å²) in [5.41, 5.74) is 0. The molecule has 17 nitrogen and oxygen atoms in total. The number of hydrogen-bond acceptors (Lipinski definition) is 15. The minimum atomic E-state index is -4.97. The number of ether oxygens (including phenoxy) is 4. The third kappa shape index (κ3) is 81.9. The molecule has 0 heterocycles. The first kappa shape index (κ1) is 105. The van der Waals surface area contributed by atoms with Crippen LogP contribution in [0.2, 0.25) is 0 Å². The molecule has 0 bridgehead atoms. The molecule has 3 N–H and O–H groups in total.